The number of hydrogen-bond donors (Lipinski definition) is 2. The molecule has 0 spiro atoms. The van der Waals surface area contributed by atoms with Crippen molar-refractivity contribution >= 4 is 28.6 Å². The predicted octanol–water partition coefficient (Wildman–Crippen LogP) is 3.26. The largest absolute Gasteiger partial charge is 0.335 e. The van der Waals surface area contributed by atoms with Gasteiger partial charge in [0.1, 0.15) is 0 Å². The minimum Gasteiger partial charge on any atom is -0.331 e. The number of hydrogen-bond acceptors (Lipinski definition) is 5. The Kier molecular flexibility index (Phi) is 3.79. The fourth-order valence-electron chi connectivity index (χ4n) is 5.20. The first-order valence-corrected chi connectivity index (χ1v) is 9.18. The van der Waals surface area contributed by atoms with E-state index in [0.29, 0.717) is 4.88 Å². The molecule has 0 radical (unpaired) electrons. The summed E-state index contributed by atoms with van der Waals surface area (Å²) in [5.74, 6) is 2.31. The van der Waals surface area contributed by atoms with Gasteiger partial charge < -0.3 is 5.32 Å². The number of carbonyl (C=O) groups excluding carboxylic acids is 1. The van der Waals surface area contributed by atoms with E-state index in [1.807, 2.05) is 0 Å². The summed E-state index contributed by atoms with van der Waals surface area (Å²) >= 11 is 1.03. The van der Waals surface area contributed by atoms with Crippen LogP contribution in [0.1, 0.15) is 43.4 Å². The van der Waals surface area contributed by atoms with Crippen molar-refractivity contribution in [2.75, 3.05) is 0 Å². The Morgan fingerprint density at radius 2 is 1.88 bits per heavy atom. The second-order valence-electron chi connectivity index (χ2n) is 7.46. The minimum atomic E-state index is -0.435. The van der Waals surface area contributed by atoms with E-state index in [2.05, 4.69) is 15.8 Å². The fraction of sp³-hybridized carbons (Fsp3) is 0.625. The number of urea groups is 1. The smallest absolute Gasteiger partial charge is 0.331 e. The van der Waals surface area contributed by atoms with Gasteiger partial charge in [0.05, 0.1) is 16.0 Å². The summed E-state index contributed by atoms with van der Waals surface area (Å²) in [4.78, 5) is 23.0. The number of nitrogens with one attached hydrogen (secondary N) is 2. The molecule has 4 fully saturated rings. The zero-order valence-corrected chi connectivity index (χ0v) is 14.1. The van der Waals surface area contributed by atoms with Crippen LogP contribution >= 0.6 is 11.3 Å². The molecular formula is C16H20N4O3S. The second kappa shape index (κ2) is 5.84. The van der Waals surface area contributed by atoms with Crippen LogP contribution in [0.15, 0.2) is 17.2 Å². The van der Waals surface area contributed by atoms with Crippen molar-refractivity contribution in [2.45, 2.75) is 44.1 Å². The van der Waals surface area contributed by atoms with Crippen molar-refractivity contribution in [3.63, 3.8) is 0 Å². The first-order chi connectivity index (χ1) is 11.5. The molecule has 7 nitrogen and oxygen atoms in total. The average Bonchev–Trinajstić information content (AvgIpc) is 2.94. The van der Waals surface area contributed by atoms with Gasteiger partial charge in [-0.25, -0.2) is 10.2 Å². The van der Waals surface area contributed by atoms with Crippen molar-refractivity contribution in [1.82, 2.24) is 10.7 Å². The first-order valence-electron chi connectivity index (χ1n) is 8.37. The molecule has 0 atom stereocenters. The summed E-state index contributed by atoms with van der Waals surface area (Å²) in [5, 5.41) is 17.8. The molecule has 8 heteroatoms. The molecule has 1 aromatic heterocycles. The molecule has 5 rings (SSSR count). The maximum Gasteiger partial charge on any atom is 0.335 e. The lowest BCUT2D eigenvalue weighted by Gasteiger charge is -2.56. The SMILES string of the molecule is O=C(N/N=C/c1ccc([N+](=O)[O-])s1)NC12CC3CC(CC(C3)C1)C2. The molecule has 4 bridgehead atoms. The summed E-state index contributed by atoms with van der Waals surface area (Å²) in [5.41, 5.74) is 2.46. The molecule has 0 saturated heterocycles. The summed E-state index contributed by atoms with van der Waals surface area (Å²) in [6, 6.07) is 2.77. The van der Waals surface area contributed by atoms with Gasteiger partial charge in [0.25, 0.3) is 0 Å². The van der Waals surface area contributed by atoms with Crippen LogP contribution in [-0.4, -0.2) is 22.7 Å². The third-order valence-electron chi connectivity index (χ3n) is 5.57. The van der Waals surface area contributed by atoms with E-state index in [1.165, 1.54) is 31.5 Å². The molecule has 1 heterocycles. The number of carbonyl (C=O) groups is 1. The van der Waals surface area contributed by atoms with Crippen LogP contribution in [0.3, 0.4) is 0 Å². The minimum absolute atomic E-state index is 0.0456. The van der Waals surface area contributed by atoms with Crippen LogP contribution in [-0.2, 0) is 0 Å². The van der Waals surface area contributed by atoms with Crippen molar-refractivity contribution in [1.29, 1.82) is 0 Å². The van der Waals surface area contributed by atoms with Gasteiger partial charge in [-0.1, -0.05) is 11.3 Å². The fourth-order valence-corrected chi connectivity index (χ4v) is 5.89. The normalized spacial score (nSPS) is 33.8. The molecule has 1 aromatic rings. The van der Waals surface area contributed by atoms with Gasteiger partial charge in [0, 0.05) is 11.6 Å². The summed E-state index contributed by atoms with van der Waals surface area (Å²) in [6.07, 6.45) is 8.71. The zero-order valence-electron chi connectivity index (χ0n) is 13.2. The lowest BCUT2D eigenvalue weighted by molar-refractivity contribution is -0.380. The van der Waals surface area contributed by atoms with Crippen LogP contribution in [0, 0.1) is 27.9 Å². The quantitative estimate of drug-likeness (QED) is 0.496. The van der Waals surface area contributed by atoms with Gasteiger partial charge in [-0.15, -0.1) is 0 Å². The monoisotopic (exact) mass is 348 g/mol. The standard InChI is InChI=1S/C16H20N4O3S/c21-15(19-17-9-13-1-2-14(24-13)20(22)23)18-16-6-10-3-11(7-16)5-12(4-10)8-16/h1-2,9-12H,3-8H2,(H2,18,19,21)/b17-9+. The third kappa shape index (κ3) is 3.02. The highest BCUT2D eigenvalue weighted by atomic mass is 32.1. The molecule has 4 saturated carbocycles. The predicted molar refractivity (Wildman–Crippen MR) is 91.1 cm³/mol. The molecule has 0 aliphatic heterocycles. The van der Waals surface area contributed by atoms with Crippen LogP contribution in [0.4, 0.5) is 9.80 Å². The van der Waals surface area contributed by atoms with Gasteiger partial charge in [-0.05, 0) is 62.3 Å². The number of hydrazone groups is 1. The molecular weight excluding hydrogens is 328 g/mol. The number of amides is 2. The van der Waals surface area contributed by atoms with E-state index < -0.39 is 4.92 Å². The van der Waals surface area contributed by atoms with Crippen LogP contribution in [0.25, 0.3) is 0 Å². The van der Waals surface area contributed by atoms with E-state index in [0.717, 1.165) is 48.4 Å². The number of rotatable bonds is 4. The highest BCUT2D eigenvalue weighted by molar-refractivity contribution is 7.16. The molecule has 2 amide bonds. The van der Waals surface area contributed by atoms with Gasteiger partial charge in [-0.3, -0.25) is 10.1 Å². The van der Waals surface area contributed by atoms with Gasteiger partial charge in [-0.2, -0.15) is 5.10 Å². The number of thiophene rings is 1. The Balaban J connectivity index is 1.33. The molecule has 0 aromatic carbocycles. The Hall–Kier alpha value is -1.96. The van der Waals surface area contributed by atoms with E-state index in [-0.39, 0.29) is 16.6 Å². The number of nitrogens with zero attached hydrogens (tertiary/aromatic N) is 2. The molecule has 24 heavy (non-hydrogen) atoms. The lowest BCUT2D eigenvalue weighted by Crippen LogP contribution is -2.61. The Morgan fingerprint density at radius 1 is 1.25 bits per heavy atom. The van der Waals surface area contributed by atoms with Crippen molar-refractivity contribution in [3.05, 3.63) is 27.1 Å². The summed E-state index contributed by atoms with van der Waals surface area (Å²) < 4.78 is 0. The molecule has 2 N–H and O–H groups in total. The van der Waals surface area contributed by atoms with E-state index in [4.69, 9.17) is 0 Å². The Morgan fingerprint density at radius 3 is 2.42 bits per heavy atom. The molecule has 0 unspecified atom stereocenters. The zero-order chi connectivity index (χ0) is 16.7. The third-order valence-corrected chi connectivity index (χ3v) is 6.54. The van der Waals surface area contributed by atoms with E-state index in [9.17, 15) is 14.9 Å². The van der Waals surface area contributed by atoms with Gasteiger partial charge >= 0.3 is 11.0 Å². The highest BCUT2D eigenvalue weighted by Gasteiger charge is 2.51. The van der Waals surface area contributed by atoms with Crippen LogP contribution in [0.2, 0.25) is 0 Å². The Bertz CT molecular complexity index is 664. The van der Waals surface area contributed by atoms with Crippen LogP contribution in [0.5, 0.6) is 0 Å². The second-order valence-corrected chi connectivity index (χ2v) is 8.55. The summed E-state index contributed by atoms with van der Waals surface area (Å²) in [7, 11) is 0. The van der Waals surface area contributed by atoms with Crippen molar-refractivity contribution < 1.29 is 9.72 Å². The van der Waals surface area contributed by atoms with E-state index >= 15 is 0 Å². The number of nitro groups is 1. The van der Waals surface area contributed by atoms with Gasteiger partial charge in [0.2, 0.25) is 0 Å². The molecule has 4 aliphatic rings. The van der Waals surface area contributed by atoms with Crippen molar-refractivity contribution in [3.8, 4) is 0 Å². The lowest BCUT2D eigenvalue weighted by atomic mass is 9.53. The summed E-state index contributed by atoms with van der Waals surface area (Å²) in [6.45, 7) is 0. The molecule has 128 valence electrons. The first kappa shape index (κ1) is 15.6. The molecule has 4 aliphatic carbocycles. The van der Waals surface area contributed by atoms with Crippen LogP contribution < -0.4 is 10.7 Å². The highest BCUT2D eigenvalue weighted by Crippen LogP contribution is 2.55. The van der Waals surface area contributed by atoms with Gasteiger partial charge in [0.15, 0.2) is 0 Å². The maximum atomic E-state index is 12.2. The Labute approximate surface area is 143 Å². The maximum absolute atomic E-state index is 12.2. The van der Waals surface area contributed by atoms with E-state index in [1.54, 1.807) is 6.07 Å². The van der Waals surface area contributed by atoms with Crippen molar-refractivity contribution in [2.24, 2.45) is 22.9 Å². The average molecular weight is 348 g/mol. The topological polar surface area (TPSA) is 96.6 Å².